The lowest BCUT2D eigenvalue weighted by atomic mass is 9.87. The normalized spacial score (nSPS) is 11.7. The minimum atomic E-state index is -0.611. The summed E-state index contributed by atoms with van der Waals surface area (Å²) in [5, 5.41) is 0.440. The minimum Gasteiger partial charge on any atom is -0.494 e. The Labute approximate surface area is 164 Å². The summed E-state index contributed by atoms with van der Waals surface area (Å²) >= 11 is 0. The molecule has 1 aromatic heterocycles. The predicted octanol–water partition coefficient (Wildman–Crippen LogP) is 4.42. The van der Waals surface area contributed by atoms with Crippen LogP contribution in [-0.2, 0) is 12.0 Å². The summed E-state index contributed by atoms with van der Waals surface area (Å²) in [4.78, 5) is 24.0. The van der Waals surface area contributed by atoms with Gasteiger partial charge in [-0.3, -0.25) is 4.57 Å². The van der Waals surface area contributed by atoms with Gasteiger partial charge in [-0.05, 0) is 55.0 Å². The molecule has 5 nitrogen and oxygen atoms in total. The van der Waals surface area contributed by atoms with Gasteiger partial charge >= 0.3 is 11.4 Å². The van der Waals surface area contributed by atoms with E-state index in [4.69, 9.17) is 9.15 Å². The van der Waals surface area contributed by atoms with Crippen molar-refractivity contribution in [3.05, 3.63) is 74.6 Å². The van der Waals surface area contributed by atoms with E-state index >= 15 is 0 Å². The summed E-state index contributed by atoms with van der Waals surface area (Å²) in [6, 6.07) is 13.6. The van der Waals surface area contributed by atoms with Gasteiger partial charge in [0.25, 0.3) is 0 Å². The average Bonchev–Trinajstić information content (AvgIpc) is 2.64. The van der Waals surface area contributed by atoms with Crippen LogP contribution >= 0.6 is 0 Å². The number of hydrogen-bond donors (Lipinski definition) is 0. The maximum atomic E-state index is 12.1. The first kappa shape index (κ1) is 19.9. The molecule has 0 unspecified atom stereocenters. The Morgan fingerprint density at radius 2 is 1.71 bits per heavy atom. The lowest BCUT2D eigenvalue weighted by Crippen LogP contribution is -2.25. The summed E-state index contributed by atoms with van der Waals surface area (Å²) in [5.74, 6) is 0.233. The molecule has 5 heteroatoms. The van der Waals surface area contributed by atoms with Crippen molar-refractivity contribution in [2.45, 2.75) is 52.5 Å². The number of unbranched alkanes of at least 4 members (excludes halogenated alkanes) is 1. The fourth-order valence-electron chi connectivity index (χ4n) is 3.16. The van der Waals surface area contributed by atoms with E-state index < -0.39 is 11.4 Å². The highest BCUT2D eigenvalue weighted by atomic mass is 16.5. The van der Waals surface area contributed by atoms with Gasteiger partial charge in [-0.2, -0.15) is 0 Å². The molecule has 2 aromatic carbocycles. The number of aryl methyl sites for hydroxylation is 2. The molecule has 3 rings (SSSR count). The van der Waals surface area contributed by atoms with Crippen molar-refractivity contribution in [3.63, 3.8) is 0 Å². The lowest BCUT2D eigenvalue weighted by Gasteiger charge is -2.19. The molecule has 0 aliphatic heterocycles. The van der Waals surface area contributed by atoms with Gasteiger partial charge in [0, 0.05) is 6.54 Å². The molecule has 1 heterocycles. The van der Waals surface area contributed by atoms with Gasteiger partial charge in [-0.15, -0.1) is 0 Å². The topological polar surface area (TPSA) is 61.4 Å². The first-order valence-corrected chi connectivity index (χ1v) is 9.63. The van der Waals surface area contributed by atoms with Crippen molar-refractivity contribution in [1.82, 2.24) is 4.57 Å². The van der Waals surface area contributed by atoms with Crippen molar-refractivity contribution in [2.75, 3.05) is 6.61 Å². The molecule has 0 aliphatic rings. The number of ether oxygens (including phenoxy) is 1. The molecule has 28 heavy (non-hydrogen) atoms. The fourth-order valence-corrected chi connectivity index (χ4v) is 3.16. The van der Waals surface area contributed by atoms with E-state index in [0.717, 1.165) is 24.2 Å². The zero-order chi connectivity index (χ0) is 20.3. The smallest absolute Gasteiger partial charge is 0.422 e. The molecule has 0 saturated carbocycles. The zero-order valence-corrected chi connectivity index (χ0v) is 17.0. The van der Waals surface area contributed by atoms with Gasteiger partial charge in [0.15, 0.2) is 0 Å². The van der Waals surface area contributed by atoms with Crippen LogP contribution in [0.3, 0.4) is 0 Å². The number of fused-ring (bicyclic) bond motifs is 1. The fraction of sp³-hybridized carbons (Fsp3) is 0.391. The average molecular weight is 381 g/mol. The predicted molar refractivity (Wildman–Crippen MR) is 111 cm³/mol. The molecule has 0 fully saturated rings. The molecule has 0 aliphatic carbocycles. The standard InChI is InChI=1S/C23H27NO4/c1-16-7-12-20-19(15-16)21(25)28-22(26)24(20)13-5-6-14-27-18-10-8-17(9-11-18)23(2,3)4/h7-12,15H,5-6,13-14H2,1-4H3. The van der Waals surface area contributed by atoms with Gasteiger partial charge in [-0.25, -0.2) is 9.59 Å². The Hall–Kier alpha value is -2.82. The second-order valence-corrected chi connectivity index (χ2v) is 8.16. The summed E-state index contributed by atoms with van der Waals surface area (Å²) in [6.45, 7) is 9.50. The maximum absolute atomic E-state index is 12.1. The minimum absolute atomic E-state index is 0.123. The molecule has 0 saturated heterocycles. The Kier molecular flexibility index (Phi) is 5.73. The van der Waals surface area contributed by atoms with Crippen LogP contribution in [0.4, 0.5) is 0 Å². The molecular weight excluding hydrogens is 354 g/mol. The highest BCUT2D eigenvalue weighted by molar-refractivity contribution is 5.78. The highest BCUT2D eigenvalue weighted by Gasteiger charge is 2.13. The van der Waals surface area contributed by atoms with Crippen LogP contribution in [0.25, 0.3) is 10.9 Å². The molecular formula is C23H27NO4. The largest absolute Gasteiger partial charge is 0.494 e. The Bertz CT molecular complexity index is 1070. The monoisotopic (exact) mass is 381 g/mol. The number of nitrogens with zero attached hydrogens (tertiary/aromatic N) is 1. The van der Waals surface area contributed by atoms with Crippen molar-refractivity contribution in [1.29, 1.82) is 0 Å². The van der Waals surface area contributed by atoms with Crippen molar-refractivity contribution in [2.24, 2.45) is 0 Å². The van der Waals surface area contributed by atoms with Crippen LogP contribution in [0.1, 0.15) is 44.7 Å². The summed E-state index contributed by atoms with van der Waals surface area (Å²) < 4.78 is 12.2. The van der Waals surface area contributed by atoms with E-state index in [1.54, 1.807) is 12.1 Å². The van der Waals surface area contributed by atoms with Crippen LogP contribution in [0.5, 0.6) is 5.75 Å². The van der Waals surface area contributed by atoms with Gasteiger partial charge in [0.05, 0.1) is 17.5 Å². The summed E-state index contributed by atoms with van der Waals surface area (Å²) in [5.41, 5.74) is 2.38. The first-order valence-electron chi connectivity index (χ1n) is 9.63. The van der Waals surface area contributed by atoms with Crippen LogP contribution in [0.2, 0.25) is 0 Å². The second-order valence-electron chi connectivity index (χ2n) is 8.16. The van der Waals surface area contributed by atoms with E-state index in [1.165, 1.54) is 10.1 Å². The molecule has 0 radical (unpaired) electrons. The van der Waals surface area contributed by atoms with E-state index in [9.17, 15) is 9.59 Å². The zero-order valence-electron chi connectivity index (χ0n) is 17.0. The number of rotatable bonds is 6. The first-order chi connectivity index (χ1) is 13.3. The van der Waals surface area contributed by atoms with Crippen LogP contribution < -0.4 is 16.1 Å². The van der Waals surface area contributed by atoms with Gasteiger partial charge < -0.3 is 9.15 Å². The third-order valence-corrected chi connectivity index (χ3v) is 4.83. The number of benzene rings is 2. The molecule has 0 amide bonds. The van der Waals surface area contributed by atoms with Crippen LogP contribution in [-0.4, -0.2) is 11.2 Å². The molecule has 0 N–H and O–H groups in total. The number of aromatic nitrogens is 1. The van der Waals surface area contributed by atoms with Crippen molar-refractivity contribution >= 4 is 10.9 Å². The molecule has 3 aromatic rings. The van der Waals surface area contributed by atoms with E-state index in [-0.39, 0.29) is 5.41 Å². The summed E-state index contributed by atoms with van der Waals surface area (Å²) in [6.07, 6.45) is 1.54. The Morgan fingerprint density at radius 1 is 1.00 bits per heavy atom. The van der Waals surface area contributed by atoms with E-state index in [1.807, 2.05) is 25.1 Å². The molecule has 0 atom stereocenters. The van der Waals surface area contributed by atoms with Crippen LogP contribution in [0, 0.1) is 6.92 Å². The quantitative estimate of drug-likeness (QED) is 0.593. The van der Waals surface area contributed by atoms with E-state index in [0.29, 0.717) is 24.1 Å². The van der Waals surface area contributed by atoms with Gasteiger partial charge in [0.1, 0.15) is 5.75 Å². The lowest BCUT2D eigenvalue weighted by molar-refractivity contribution is 0.300. The third-order valence-electron chi connectivity index (χ3n) is 4.83. The maximum Gasteiger partial charge on any atom is 0.422 e. The Morgan fingerprint density at radius 3 is 2.39 bits per heavy atom. The summed E-state index contributed by atoms with van der Waals surface area (Å²) in [7, 11) is 0. The van der Waals surface area contributed by atoms with E-state index in [2.05, 4.69) is 32.9 Å². The second kappa shape index (κ2) is 8.05. The van der Waals surface area contributed by atoms with Crippen molar-refractivity contribution < 1.29 is 9.15 Å². The molecule has 0 bridgehead atoms. The number of hydrogen-bond acceptors (Lipinski definition) is 4. The highest BCUT2D eigenvalue weighted by Crippen LogP contribution is 2.24. The van der Waals surface area contributed by atoms with Crippen LogP contribution in [0.15, 0.2) is 56.5 Å². The SMILES string of the molecule is Cc1ccc2c(c1)c(=O)oc(=O)n2CCCCOc1ccc(C(C)(C)C)cc1. The molecule has 148 valence electrons. The molecule has 0 spiro atoms. The van der Waals surface area contributed by atoms with Gasteiger partial charge in [0.2, 0.25) is 0 Å². The van der Waals surface area contributed by atoms with Gasteiger partial charge in [-0.1, -0.05) is 44.5 Å². The third kappa shape index (κ3) is 4.53. The van der Waals surface area contributed by atoms with Crippen molar-refractivity contribution in [3.8, 4) is 5.75 Å². The Balaban J connectivity index is 1.59.